The zero-order valence-electron chi connectivity index (χ0n) is 15.9. The van der Waals surface area contributed by atoms with Gasteiger partial charge in [0, 0.05) is 45.7 Å². The minimum Gasteiger partial charge on any atom is -0.361 e. The van der Waals surface area contributed by atoms with Crippen LogP contribution in [-0.2, 0) is 10.0 Å². The van der Waals surface area contributed by atoms with Crippen LogP contribution in [0.5, 0.6) is 0 Å². The van der Waals surface area contributed by atoms with Crippen molar-refractivity contribution in [1.29, 1.82) is 0 Å². The molecule has 1 fully saturated rings. The minimum absolute atomic E-state index is 0.241. The van der Waals surface area contributed by atoms with E-state index in [1.807, 2.05) is 44.4 Å². The first-order valence-corrected chi connectivity index (χ1v) is 10.4. The van der Waals surface area contributed by atoms with Crippen LogP contribution in [0.2, 0.25) is 0 Å². The predicted octanol–water partition coefficient (Wildman–Crippen LogP) is 1.30. The van der Waals surface area contributed by atoms with Crippen molar-refractivity contribution >= 4 is 27.8 Å². The van der Waals surface area contributed by atoms with Gasteiger partial charge in [-0.1, -0.05) is 30.3 Å². The SMILES string of the molecule is CN(C)c1ccc(C(=O)N2CCN(S(=O)(=O)/C=C/c3ccccc3)CC2)nn1. The number of aromatic nitrogens is 2. The fourth-order valence-electron chi connectivity index (χ4n) is 2.80. The largest absolute Gasteiger partial charge is 0.361 e. The molecule has 1 aromatic heterocycles. The lowest BCUT2D eigenvalue weighted by Gasteiger charge is -2.33. The van der Waals surface area contributed by atoms with Gasteiger partial charge in [0.15, 0.2) is 11.5 Å². The Morgan fingerprint density at radius 1 is 1.00 bits per heavy atom. The number of benzene rings is 1. The van der Waals surface area contributed by atoms with E-state index in [9.17, 15) is 13.2 Å². The number of rotatable bonds is 5. The van der Waals surface area contributed by atoms with E-state index in [2.05, 4.69) is 10.2 Å². The van der Waals surface area contributed by atoms with E-state index in [0.717, 1.165) is 5.56 Å². The lowest BCUT2D eigenvalue weighted by Crippen LogP contribution is -2.50. The van der Waals surface area contributed by atoms with Gasteiger partial charge in [-0.15, -0.1) is 10.2 Å². The standard InChI is InChI=1S/C19H23N5O3S/c1-22(2)18-9-8-17(20-21-18)19(25)23-11-13-24(14-12-23)28(26,27)15-10-16-6-4-3-5-7-16/h3-10,15H,11-14H2,1-2H3/b15-10+. The quantitative estimate of drug-likeness (QED) is 0.751. The number of carbonyl (C=O) groups excluding carboxylic acids is 1. The third-order valence-corrected chi connectivity index (χ3v) is 6.01. The lowest BCUT2D eigenvalue weighted by molar-refractivity contribution is 0.0691. The van der Waals surface area contributed by atoms with Crippen LogP contribution in [0.25, 0.3) is 6.08 Å². The number of carbonyl (C=O) groups is 1. The topological polar surface area (TPSA) is 86.7 Å². The maximum atomic E-state index is 12.6. The molecular weight excluding hydrogens is 378 g/mol. The highest BCUT2D eigenvalue weighted by Crippen LogP contribution is 2.14. The first kappa shape index (κ1) is 20.0. The van der Waals surface area contributed by atoms with Crippen molar-refractivity contribution in [1.82, 2.24) is 19.4 Å². The Hall–Kier alpha value is -2.78. The molecule has 0 saturated carbocycles. The molecule has 0 bridgehead atoms. The summed E-state index contributed by atoms with van der Waals surface area (Å²) in [5.41, 5.74) is 1.07. The zero-order valence-corrected chi connectivity index (χ0v) is 16.7. The van der Waals surface area contributed by atoms with E-state index in [4.69, 9.17) is 0 Å². The minimum atomic E-state index is -3.53. The summed E-state index contributed by atoms with van der Waals surface area (Å²) in [4.78, 5) is 16.0. The van der Waals surface area contributed by atoms with Crippen LogP contribution >= 0.6 is 0 Å². The first-order chi connectivity index (χ1) is 13.4. The van der Waals surface area contributed by atoms with E-state index in [1.54, 1.807) is 28.0 Å². The Bertz CT molecular complexity index is 935. The van der Waals surface area contributed by atoms with Crippen molar-refractivity contribution in [3.8, 4) is 0 Å². The molecule has 0 unspecified atom stereocenters. The van der Waals surface area contributed by atoms with Crippen LogP contribution in [0, 0.1) is 0 Å². The van der Waals surface area contributed by atoms with Gasteiger partial charge in [0.2, 0.25) is 10.0 Å². The highest BCUT2D eigenvalue weighted by atomic mass is 32.2. The Morgan fingerprint density at radius 2 is 1.68 bits per heavy atom. The summed E-state index contributed by atoms with van der Waals surface area (Å²) in [6.07, 6.45) is 1.58. The van der Waals surface area contributed by atoms with E-state index in [-0.39, 0.29) is 24.7 Å². The Morgan fingerprint density at radius 3 is 2.25 bits per heavy atom. The predicted molar refractivity (Wildman–Crippen MR) is 108 cm³/mol. The fraction of sp³-hybridized carbons (Fsp3) is 0.316. The second kappa shape index (κ2) is 8.49. The number of nitrogens with zero attached hydrogens (tertiary/aromatic N) is 5. The molecule has 148 valence electrons. The molecule has 1 aliphatic rings. The number of piperazine rings is 1. The summed E-state index contributed by atoms with van der Waals surface area (Å²) >= 11 is 0. The van der Waals surface area contributed by atoms with Gasteiger partial charge >= 0.3 is 0 Å². The number of sulfonamides is 1. The van der Waals surface area contributed by atoms with Crippen molar-refractivity contribution in [3.63, 3.8) is 0 Å². The van der Waals surface area contributed by atoms with Gasteiger partial charge in [-0.3, -0.25) is 4.79 Å². The van der Waals surface area contributed by atoms with Crippen LogP contribution in [0.4, 0.5) is 5.82 Å². The van der Waals surface area contributed by atoms with Crippen molar-refractivity contribution in [2.75, 3.05) is 45.2 Å². The second-order valence-corrected chi connectivity index (χ2v) is 8.44. The van der Waals surface area contributed by atoms with Crippen LogP contribution < -0.4 is 4.90 Å². The molecule has 0 aliphatic carbocycles. The first-order valence-electron chi connectivity index (χ1n) is 8.90. The molecule has 1 aliphatic heterocycles. The fourth-order valence-corrected chi connectivity index (χ4v) is 3.97. The van der Waals surface area contributed by atoms with Crippen molar-refractivity contribution < 1.29 is 13.2 Å². The number of amides is 1. The molecule has 0 radical (unpaired) electrons. The summed E-state index contributed by atoms with van der Waals surface area (Å²) in [6, 6.07) is 12.6. The molecule has 1 aromatic carbocycles. The van der Waals surface area contributed by atoms with Crippen LogP contribution in [0.15, 0.2) is 47.9 Å². The van der Waals surface area contributed by atoms with Crippen molar-refractivity contribution in [2.24, 2.45) is 0 Å². The van der Waals surface area contributed by atoms with E-state index < -0.39 is 10.0 Å². The molecular formula is C19H23N5O3S. The third-order valence-electron chi connectivity index (χ3n) is 4.45. The average Bonchev–Trinajstić information content (AvgIpc) is 2.73. The molecule has 1 amide bonds. The smallest absolute Gasteiger partial charge is 0.274 e. The van der Waals surface area contributed by atoms with Gasteiger partial charge in [0.25, 0.3) is 5.91 Å². The van der Waals surface area contributed by atoms with Crippen LogP contribution in [0.3, 0.4) is 0 Å². The van der Waals surface area contributed by atoms with Gasteiger partial charge in [-0.2, -0.15) is 4.31 Å². The highest BCUT2D eigenvalue weighted by Gasteiger charge is 2.28. The molecule has 0 N–H and O–H groups in total. The second-order valence-electron chi connectivity index (χ2n) is 6.62. The third kappa shape index (κ3) is 4.73. The van der Waals surface area contributed by atoms with E-state index in [1.165, 1.54) is 9.71 Å². The molecule has 0 atom stereocenters. The molecule has 2 aromatic rings. The van der Waals surface area contributed by atoms with E-state index >= 15 is 0 Å². The maximum absolute atomic E-state index is 12.6. The monoisotopic (exact) mass is 401 g/mol. The number of hydrogen-bond donors (Lipinski definition) is 0. The van der Waals surface area contributed by atoms with Gasteiger partial charge < -0.3 is 9.80 Å². The molecule has 1 saturated heterocycles. The summed E-state index contributed by atoms with van der Waals surface area (Å²) in [7, 11) is 0.160. The molecule has 8 nitrogen and oxygen atoms in total. The number of hydrogen-bond acceptors (Lipinski definition) is 6. The highest BCUT2D eigenvalue weighted by molar-refractivity contribution is 7.92. The molecule has 3 rings (SSSR count). The summed E-state index contributed by atoms with van der Waals surface area (Å²) in [6.45, 7) is 1.12. The maximum Gasteiger partial charge on any atom is 0.274 e. The molecule has 2 heterocycles. The van der Waals surface area contributed by atoms with Gasteiger partial charge in [-0.05, 0) is 23.8 Å². The molecule has 9 heteroatoms. The van der Waals surface area contributed by atoms with Crippen molar-refractivity contribution in [2.45, 2.75) is 0 Å². The number of anilines is 1. The van der Waals surface area contributed by atoms with Crippen LogP contribution in [-0.4, -0.2) is 74.0 Å². The van der Waals surface area contributed by atoms with Gasteiger partial charge in [-0.25, -0.2) is 8.42 Å². The normalized spacial score (nSPS) is 15.7. The molecule has 0 spiro atoms. The summed E-state index contributed by atoms with van der Waals surface area (Å²) in [5, 5.41) is 9.21. The van der Waals surface area contributed by atoms with Crippen LogP contribution in [0.1, 0.15) is 16.1 Å². The van der Waals surface area contributed by atoms with Gasteiger partial charge in [0.1, 0.15) is 0 Å². The lowest BCUT2D eigenvalue weighted by atomic mass is 10.2. The summed E-state index contributed by atoms with van der Waals surface area (Å²) < 4.78 is 26.4. The Balaban J connectivity index is 1.60. The van der Waals surface area contributed by atoms with Gasteiger partial charge in [0.05, 0.1) is 0 Å². The zero-order chi connectivity index (χ0) is 20.1. The Labute approximate surface area is 165 Å². The summed E-state index contributed by atoms with van der Waals surface area (Å²) in [5.74, 6) is 0.423. The van der Waals surface area contributed by atoms with Crippen molar-refractivity contribution in [3.05, 3.63) is 59.1 Å². The van der Waals surface area contributed by atoms with E-state index in [0.29, 0.717) is 18.9 Å². The Kier molecular flexibility index (Phi) is 6.05. The molecule has 28 heavy (non-hydrogen) atoms. The average molecular weight is 401 g/mol.